The molecule has 0 fully saturated rings. The quantitative estimate of drug-likeness (QED) is 0.725. The minimum Gasteiger partial charge on any atom is -0.480 e. The number of aromatic nitrogens is 4. The van der Waals surface area contributed by atoms with Crippen LogP contribution >= 0.6 is 11.6 Å². The van der Waals surface area contributed by atoms with Gasteiger partial charge in [-0.1, -0.05) is 24.3 Å². The molecule has 29 heavy (non-hydrogen) atoms. The lowest BCUT2D eigenvalue weighted by atomic mass is 10.0. The molecule has 0 radical (unpaired) electrons. The molecule has 1 aliphatic heterocycles. The topological polar surface area (TPSA) is 102 Å². The van der Waals surface area contributed by atoms with Crippen LogP contribution in [0.25, 0.3) is 5.57 Å². The van der Waals surface area contributed by atoms with Crippen molar-refractivity contribution in [2.75, 3.05) is 25.5 Å². The number of nitrogens with zero attached hydrogens (tertiary/aromatic N) is 5. The summed E-state index contributed by atoms with van der Waals surface area (Å²) in [5, 5.41) is 7.17. The van der Waals surface area contributed by atoms with E-state index < -0.39 is 6.04 Å². The molecule has 0 aliphatic carbocycles. The van der Waals surface area contributed by atoms with Crippen molar-refractivity contribution in [1.29, 1.82) is 0 Å². The van der Waals surface area contributed by atoms with Gasteiger partial charge < -0.3 is 9.64 Å². The molecule has 3 heterocycles. The summed E-state index contributed by atoms with van der Waals surface area (Å²) in [6.07, 6.45) is 8.96. The molecule has 0 bridgehead atoms. The minimum atomic E-state index is -0.607. The van der Waals surface area contributed by atoms with Gasteiger partial charge in [0, 0.05) is 24.8 Å². The Balaban J connectivity index is 1.69. The Kier molecular flexibility index (Phi) is 6.28. The van der Waals surface area contributed by atoms with E-state index in [0.717, 1.165) is 17.6 Å². The lowest BCUT2D eigenvalue weighted by molar-refractivity contribution is -0.125. The standard InChI is InChI=1S/C19H21ClN6O3/c1-4-16(27)25-7-5-6-13(10-25)14-8-22-26(11-14)12(2)17(28)23-19-21-9-15(20)18(24-19)29-3/h4,6,8-9,11-12H,1,5,7,10H2,2-3H3,(H,21,23,24,28). The van der Waals surface area contributed by atoms with Crippen LogP contribution in [0.1, 0.15) is 24.9 Å². The molecule has 1 atom stereocenters. The summed E-state index contributed by atoms with van der Waals surface area (Å²) in [5.74, 6) is -0.183. The van der Waals surface area contributed by atoms with Crippen molar-refractivity contribution in [1.82, 2.24) is 24.6 Å². The van der Waals surface area contributed by atoms with Gasteiger partial charge in [-0.2, -0.15) is 10.1 Å². The molecule has 0 saturated carbocycles. The number of halogens is 1. The Morgan fingerprint density at radius 3 is 2.93 bits per heavy atom. The lowest BCUT2D eigenvalue weighted by Gasteiger charge is -2.26. The Hall–Kier alpha value is -3.20. The Morgan fingerprint density at radius 1 is 1.41 bits per heavy atom. The summed E-state index contributed by atoms with van der Waals surface area (Å²) >= 11 is 5.89. The van der Waals surface area contributed by atoms with Gasteiger partial charge in [0.2, 0.25) is 17.7 Å². The third kappa shape index (κ3) is 4.62. The number of methoxy groups -OCH3 is 1. The van der Waals surface area contributed by atoms with Gasteiger partial charge in [-0.15, -0.1) is 0 Å². The van der Waals surface area contributed by atoms with Crippen molar-refractivity contribution >= 4 is 34.9 Å². The largest absolute Gasteiger partial charge is 0.480 e. The molecular weight excluding hydrogens is 396 g/mol. The molecule has 2 aromatic heterocycles. The van der Waals surface area contributed by atoms with Crippen LogP contribution in [0, 0.1) is 0 Å². The number of amides is 2. The zero-order valence-corrected chi connectivity index (χ0v) is 16.9. The third-order valence-electron chi connectivity index (χ3n) is 4.53. The van der Waals surface area contributed by atoms with E-state index in [2.05, 4.69) is 33.0 Å². The molecule has 1 unspecified atom stereocenters. The van der Waals surface area contributed by atoms with Gasteiger partial charge in [-0.25, -0.2) is 4.98 Å². The number of hydrogen-bond donors (Lipinski definition) is 1. The normalized spacial score (nSPS) is 14.7. The monoisotopic (exact) mass is 416 g/mol. The smallest absolute Gasteiger partial charge is 0.251 e. The molecule has 9 nitrogen and oxygen atoms in total. The van der Waals surface area contributed by atoms with Crippen LogP contribution < -0.4 is 10.1 Å². The number of nitrogens with one attached hydrogen (secondary N) is 1. The van der Waals surface area contributed by atoms with Crippen molar-refractivity contribution < 1.29 is 14.3 Å². The van der Waals surface area contributed by atoms with Crippen LogP contribution in [-0.2, 0) is 9.59 Å². The van der Waals surface area contributed by atoms with E-state index in [1.807, 2.05) is 0 Å². The minimum absolute atomic E-state index is 0.0871. The van der Waals surface area contributed by atoms with E-state index in [0.29, 0.717) is 13.1 Å². The molecule has 1 N–H and O–H groups in total. The molecule has 0 aromatic carbocycles. The predicted molar refractivity (Wildman–Crippen MR) is 109 cm³/mol. The van der Waals surface area contributed by atoms with Gasteiger partial charge in [0.25, 0.3) is 5.91 Å². The van der Waals surface area contributed by atoms with Crippen molar-refractivity contribution in [3.8, 4) is 5.88 Å². The van der Waals surface area contributed by atoms with E-state index in [9.17, 15) is 9.59 Å². The molecule has 1 aliphatic rings. The molecule has 2 amide bonds. The van der Waals surface area contributed by atoms with Crippen LogP contribution in [-0.4, -0.2) is 56.7 Å². The Labute approximate surface area is 173 Å². The molecule has 152 valence electrons. The number of carbonyl (C=O) groups excluding carboxylic acids is 2. The van der Waals surface area contributed by atoms with Crippen molar-refractivity contribution in [3.05, 3.63) is 47.9 Å². The highest BCUT2D eigenvalue weighted by molar-refractivity contribution is 6.31. The highest BCUT2D eigenvalue weighted by Crippen LogP contribution is 2.23. The Morgan fingerprint density at radius 2 is 2.21 bits per heavy atom. The zero-order chi connectivity index (χ0) is 21.0. The van der Waals surface area contributed by atoms with E-state index in [4.69, 9.17) is 16.3 Å². The highest BCUT2D eigenvalue weighted by Gasteiger charge is 2.21. The van der Waals surface area contributed by atoms with Gasteiger partial charge in [0.15, 0.2) is 0 Å². The maximum absolute atomic E-state index is 12.6. The first kappa shape index (κ1) is 20.5. The molecule has 10 heteroatoms. The highest BCUT2D eigenvalue weighted by atomic mass is 35.5. The fraction of sp³-hybridized carbons (Fsp3) is 0.316. The van der Waals surface area contributed by atoms with Gasteiger partial charge in [0.05, 0.1) is 19.5 Å². The van der Waals surface area contributed by atoms with E-state index in [-0.39, 0.29) is 28.7 Å². The van der Waals surface area contributed by atoms with Gasteiger partial charge in [0.1, 0.15) is 11.1 Å². The summed E-state index contributed by atoms with van der Waals surface area (Å²) < 4.78 is 6.57. The number of carbonyl (C=O) groups is 2. The predicted octanol–water partition coefficient (Wildman–Crippen LogP) is 2.34. The van der Waals surface area contributed by atoms with E-state index in [1.54, 1.807) is 28.9 Å². The molecule has 0 saturated heterocycles. The fourth-order valence-corrected chi connectivity index (χ4v) is 3.04. The number of hydrogen-bond acceptors (Lipinski definition) is 6. The van der Waals surface area contributed by atoms with Gasteiger partial charge in [-0.3, -0.25) is 19.6 Å². The second-order valence-electron chi connectivity index (χ2n) is 6.41. The number of ether oxygens (including phenoxy) is 1. The summed E-state index contributed by atoms with van der Waals surface area (Å²) in [6.45, 7) is 6.38. The van der Waals surface area contributed by atoms with Crippen molar-refractivity contribution in [3.63, 3.8) is 0 Å². The summed E-state index contributed by atoms with van der Waals surface area (Å²) in [4.78, 5) is 34.2. The average Bonchev–Trinajstić information content (AvgIpc) is 3.24. The SMILES string of the molecule is C=CC(=O)N1CCC=C(c2cnn(C(C)C(=O)Nc3ncc(Cl)c(OC)n3)c2)C1. The molecular formula is C19H21ClN6O3. The maximum atomic E-state index is 12.6. The Bertz CT molecular complexity index is 971. The lowest BCUT2D eigenvalue weighted by Crippen LogP contribution is -2.34. The van der Waals surface area contributed by atoms with E-state index in [1.165, 1.54) is 19.4 Å². The zero-order valence-electron chi connectivity index (χ0n) is 16.1. The number of anilines is 1. The second-order valence-corrected chi connectivity index (χ2v) is 6.81. The fourth-order valence-electron chi connectivity index (χ4n) is 2.88. The summed E-state index contributed by atoms with van der Waals surface area (Å²) in [7, 11) is 1.43. The van der Waals surface area contributed by atoms with Crippen LogP contribution in [0.2, 0.25) is 5.02 Å². The van der Waals surface area contributed by atoms with Crippen molar-refractivity contribution in [2.45, 2.75) is 19.4 Å². The van der Waals surface area contributed by atoms with E-state index >= 15 is 0 Å². The summed E-state index contributed by atoms with van der Waals surface area (Å²) in [5.41, 5.74) is 1.84. The molecule has 0 spiro atoms. The average molecular weight is 417 g/mol. The summed E-state index contributed by atoms with van der Waals surface area (Å²) in [6, 6.07) is -0.607. The first-order valence-corrected chi connectivity index (χ1v) is 9.33. The van der Waals surface area contributed by atoms with Crippen LogP contribution in [0.5, 0.6) is 5.88 Å². The second kappa shape index (κ2) is 8.87. The van der Waals surface area contributed by atoms with Crippen LogP contribution in [0.4, 0.5) is 5.95 Å². The van der Waals surface area contributed by atoms with Gasteiger partial charge >= 0.3 is 0 Å². The number of rotatable bonds is 6. The first-order valence-electron chi connectivity index (χ1n) is 8.95. The van der Waals surface area contributed by atoms with Gasteiger partial charge in [-0.05, 0) is 25.0 Å². The first-order chi connectivity index (χ1) is 13.9. The van der Waals surface area contributed by atoms with Crippen molar-refractivity contribution in [2.24, 2.45) is 0 Å². The third-order valence-corrected chi connectivity index (χ3v) is 4.79. The van der Waals surface area contributed by atoms with Crippen LogP contribution in [0.3, 0.4) is 0 Å². The van der Waals surface area contributed by atoms with Crippen LogP contribution in [0.15, 0.2) is 37.3 Å². The molecule has 3 rings (SSSR count). The molecule has 2 aromatic rings. The maximum Gasteiger partial charge on any atom is 0.251 e.